The van der Waals surface area contributed by atoms with Crippen molar-refractivity contribution in [2.45, 2.75) is 52.1 Å². The molecule has 0 saturated carbocycles. The van der Waals surface area contributed by atoms with Gasteiger partial charge in [0.15, 0.2) is 0 Å². The number of benzene rings is 1. The van der Waals surface area contributed by atoms with Crippen molar-refractivity contribution in [2.24, 2.45) is 5.92 Å². The maximum Gasteiger partial charge on any atom is 0.410 e. The van der Waals surface area contributed by atoms with Gasteiger partial charge in [-0.3, -0.25) is 0 Å². The summed E-state index contributed by atoms with van der Waals surface area (Å²) in [6.07, 6.45) is 0.00874. The normalized spacial score (nSPS) is 24.4. The Morgan fingerprint density at radius 2 is 2.12 bits per heavy atom. The maximum atomic E-state index is 14.5. The van der Waals surface area contributed by atoms with Crippen LogP contribution in [0.2, 0.25) is 0 Å². The van der Waals surface area contributed by atoms with Gasteiger partial charge in [0, 0.05) is 18.7 Å². The van der Waals surface area contributed by atoms with E-state index in [1.54, 1.807) is 11.0 Å². The molecule has 1 amide bonds. The van der Waals surface area contributed by atoms with Crippen LogP contribution in [-0.2, 0) is 10.2 Å². The van der Waals surface area contributed by atoms with Crippen molar-refractivity contribution < 1.29 is 13.9 Å². The molecule has 5 heteroatoms. The number of hydrogen-bond acceptors (Lipinski definition) is 3. The van der Waals surface area contributed by atoms with Gasteiger partial charge in [-0.1, -0.05) is 19.1 Å². The van der Waals surface area contributed by atoms with Crippen LogP contribution < -0.4 is 0 Å². The van der Waals surface area contributed by atoms with Gasteiger partial charge < -0.3 is 9.64 Å². The van der Waals surface area contributed by atoms with Gasteiger partial charge >= 0.3 is 6.09 Å². The zero-order valence-electron chi connectivity index (χ0n) is 15.0. The number of ether oxygens (including phenoxy) is 1. The minimum absolute atomic E-state index is 0.194. The highest BCUT2D eigenvalue weighted by Crippen LogP contribution is 2.40. The molecule has 24 heavy (non-hydrogen) atoms. The van der Waals surface area contributed by atoms with Crippen LogP contribution in [0.25, 0.3) is 0 Å². The van der Waals surface area contributed by atoms with Gasteiger partial charge in [-0.15, -0.1) is 0 Å². The van der Waals surface area contributed by atoms with Gasteiger partial charge in [-0.25, -0.2) is 9.18 Å². The van der Waals surface area contributed by atoms with E-state index in [1.807, 2.05) is 40.7 Å². The van der Waals surface area contributed by atoms with Crippen LogP contribution in [-0.4, -0.2) is 29.7 Å². The predicted molar refractivity (Wildman–Crippen MR) is 90.0 cm³/mol. The second-order valence-corrected chi connectivity index (χ2v) is 7.64. The number of rotatable bonds is 1. The second-order valence-electron chi connectivity index (χ2n) is 7.64. The first kappa shape index (κ1) is 18.3. The zero-order valence-corrected chi connectivity index (χ0v) is 15.0. The third-order valence-electron chi connectivity index (χ3n) is 4.57. The lowest BCUT2D eigenvalue weighted by molar-refractivity contribution is 0.0117. The summed E-state index contributed by atoms with van der Waals surface area (Å²) in [7, 11) is 0. The number of likely N-dealkylation sites (tertiary alicyclic amines) is 1. The molecule has 130 valence electrons. The fourth-order valence-corrected chi connectivity index (χ4v) is 3.24. The quantitative estimate of drug-likeness (QED) is 0.775. The van der Waals surface area contributed by atoms with Crippen LogP contribution in [0.1, 0.15) is 45.2 Å². The highest BCUT2D eigenvalue weighted by atomic mass is 19.1. The Morgan fingerprint density at radius 1 is 1.46 bits per heavy atom. The van der Waals surface area contributed by atoms with E-state index < -0.39 is 11.0 Å². The van der Waals surface area contributed by atoms with Crippen LogP contribution >= 0.6 is 0 Å². The van der Waals surface area contributed by atoms with E-state index in [-0.39, 0.29) is 17.8 Å². The van der Waals surface area contributed by atoms with Gasteiger partial charge in [-0.05, 0) is 51.7 Å². The molecule has 0 aromatic heterocycles. The molecular formula is C19H25FN2O2. The van der Waals surface area contributed by atoms with E-state index in [1.165, 1.54) is 6.07 Å². The summed E-state index contributed by atoms with van der Waals surface area (Å²) in [5.74, 6) is -0.546. The monoisotopic (exact) mass is 332 g/mol. The van der Waals surface area contributed by atoms with Crippen molar-refractivity contribution in [2.75, 3.05) is 13.1 Å². The zero-order chi connectivity index (χ0) is 18.1. The van der Waals surface area contributed by atoms with Crippen molar-refractivity contribution in [3.8, 4) is 6.07 Å². The van der Waals surface area contributed by atoms with Crippen LogP contribution in [0.4, 0.5) is 9.18 Å². The highest BCUT2D eigenvalue weighted by Gasteiger charge is 2.45. The number of hydrogen-bond donors (Lipinski definition) is 0. The lowest BCUT2D eigenvalue weighted by atomic mass is 9.67. The number of aryl methyl sites for hydroxylation is 1. The number of carbonyl (C=O) groups is 1. The predicted octanol–water partition coefficient (Wildman–Crippen LogP) is 4.17. The van der Waals surface area contributed by atoms with E-state index in [0.29, 0.717) is 25.1 Å². The maximum absolute atomic E-state index is 14.5. The Morgan fingerprint density at radius 3 is 2.62 bits per heavy atom. The average molecular weight is 332 g/mol. The van der Waals surface area contributed by atoms with Crippen LogP contribution in [0.15, 0.2) is 18.2 Å². The van der Waals surface area contributed by atoms with Crippen molar-refractivity contribution in [1.29, 1.82) is 5.26 Å². The summed E-state index contributed by atoms with van der Waals surface area (Å²) in [4.78, 5) is 13.9. The molecular weight excluding hydrogens is 307 g/mol. The molecule has 0 unspecified atom stereocenters. The van der Waals surface area contributed by atoms with Crippen molar-refractivity contribution in [3.05, 3.63) is 35.1 Å². The van der Waals surface area contributed by atoms with Gasteiger partial charge in [-0.2, -0.15) is 5.26 Å². The number of amides is 1. The molecule has 0 radical (unpaired) electrons. The van der Waals surface area contributed by atoms with E-state index in [4.69, 9.17) is 4.74 Å². The molecule has 1 aliphatic heterocycles. The number of halogens is 1. The van der Waals surface area contributed by atoms with E-state index >= 15 is 0 Å². The summed E-state index contributed by atoms with van der Waals surface area (Å²) in [5, 5.41) is 9.82. The molecule has 2 rings (SSSR count). The molecule has 0 spiro atoms. The van der Waals surface area contributed by atoms with Crippen LogP contribution in [0, 0.1) is 30.0 Å². The Bertz CT molecular complexity index is 675. The second kappa shape index (κ2) is 6.43. The van der Waals surface area contributed by atoms with E-state index in [2.05, 4.69) is 6.07 Å². The van der Waals surface area contributed by atoms with Crippen LogP contribution in [0.5, 0.6) is 0 Å². The molecule has 0 bridgehead atoms. The van der Waals surface area contributed by atoms with Gasteiger partial charge in [0.2, 0.25) is 0 Å². The molecule has 1 aromatic carbocycles. The van der Waals surface area contributed by atoms with Crippen LogP contribution in [0.3, 0.4) is 0 Å². The van der Waals surface area contributed by atoms with Gasteiger partial charge in [0.05, 0.1) is 11.5 Å². The molecule has 1 aromatic rings. The largest absolute Gasteiger partial charge is 0.444 e. The van der Waals surface area contributed by atoms with Gasteiger partial charge in [0.25, 0.3) is 0 Å². The topological polar surface area (TPSA) is 53.3 Å². The Kier molecular flexibility index (Phi) is 4.89. The summed E-state index contributed by atoms with van der Waals surface area (Å²) >= 11 is 0. The lowest BCUT2D eigenvalue weighted by Gasteiger charge is -2.42. The molecule has 1 fully saturated rings. The standard InChI is InChI=1S/C19H25FN2O2/c1-13-6-7-15(16(20)10-13)19(12-21)8-9-22(11-14(19)2)17(23)24-18(3,4)5/h6-7,10,14H,8-9,11H2,1-5H3/t14-,19-/m0/s1. The fraction of sp³-hybridized carbons (Fsp3) is 0.579. The molecule has 0 N–H and O–H groups in total. The minimum Gasteiger partial charge on any atom is -0.444 e. The number of nitriles is 1. The molecule has 1 aliphatic rings. The van der Waals surface area contributed by atoms with Gasteiger partial charge in [0.1, 0.15) is 11.4 Å². The first-order valence-corrected chi connectivity index (χ1v) is 8.25. The number of nitrogens with zero attached hydrogens (tertiary/aromatic N) is 2. The highest BCUT2D eigenvalue weighted by molar-refractivity contribution is 5.68. The van der Waals surface area contributed by atoms with E-state index in [9.17, 15) is 14.4 Å². The van der Waals surface area contributed by atoms with Crippen molar-refractivity contribution >= 4 is 6.09 Å². The fourth-order valence-electron chi connectivity index (χ4n) is 3.24. The molecule has 1 heterocycles. The smallest absolute Gasteiger partial charge is 0.410 e. The van der Waals surface area contributed by atoms with Crippen molar-refractivity contribution in [3.63, 3.8) is 0 Å². The summed E-state index contributed by atoms with van der Waals surface area (Å²) in [6, 6.07) is 7.32. The first-order chi connectivity index (χ1) is 11.1. The SMILES string of the molecule is Cc1ccc([C@]2(C#N)CCN(C(=O)OC(C)(C)C)C[C@@H]2C)c(F)c1. The minimum atomic E-state index is -0.920. The number of piperidine rings is 1. The summed E-state index contributed by atoms with van der Waals surface area (Å²) in [5.41, 5.74) is -0.237. The molecule has 2 atom stereocenters. The Balaban J connectivity index is 2.25. The third kappa shape index (κ3) is 3.53. The molecule has 1 saturated heterocycles. The molecule has 4 nitrogen and oxygen atoms in total. The average Bonchev–Trinajstić information content (AvgIpc) is 2.46. The van der Waals surface area contributed by atoms with E-state index in [0.717, 1.165) is 5.56 Å². The van der Waals surface area contributed by atoms with Crippen molar-refractivity contribution in [1.82, 2.24) is 4.90 Å². The summed E-state index contributed by atoms with van der Waals surface area (Å²) < 4.78 is 19.9. The number of carbonyl (C=O) groups excluding carboxylic acids is 1. The Hall–Kier alpha value is -2.09. The third-order valence-corrected chi connectivity index (χ3v) is 4.57. The lowest BCUT2D eigenvalue weighted by Crippen LogP contribution is -2.51. The molecule has 0 aliphatic carbocycles. The first-order valence-electron chi connectivity index (χ1n) is 8.25. The Labute approximate surface area is 143 Å². The summed E-state index contributed by atoms with van der Waals surface area (Å²) in [6.45, 7) is 9.91.